The summed E-state index contributed by atoms with van der Waals surface area (Å²) in [7, 11) is 0. The van der Waals surface area contributed by atoms with Crippen LogP contribution in [0.25, 0.3) is 0 Å². The van der Waals surface area contributed by atoms with Gasteiger partial charge in [0.15, 0.2) is 5.82 Å². The predicted octanol–water partition coefficient (Wildman–Crippen LogP) is 2.20. The summed E-state index contributed by atoms with van der Waals surface area (Å²) in [5, 5.41) is 3.20. The number of nitrogens with two attached hydrogens (primary N) is 1. The van der Waals surface area contributed by atoms with Gasteiger partial charge < -0.3 is 15.8 Å². The molecule has 5 nitrogen and oxygen atoms in total. The molecular weight excluding hydrogens is 252 g/mol. The summed E-state index contributed by atoms with van der Waals surface area (Å²) < 4.78 is 5.52. The molecule has 0 atom stereocenters. The van der Waals surface area contributed by atoms with Gasteiger partial charge in [-0.2, -0.15) is 4.98 Å². The number of para-hydroxylation sites is 1. The summed E-state index contributed by atoms with van der Waals surface area (Å²) in [5.74, 6) is 1.35. The highest BCUT2D eigenvalue weighted by atomic mass is 35.5. The van der Waals surface area contributed by atoms with Gasteiger partial charge in [-0.15, -0.1) is 0 Å². The largest absolute Gasteiger partial charge is 0.492 e. The van der Waals surface area contributed by atoms with E-state index < -0.39 is 0 Å². The van der Waals surface area contributed by atoms with E-state index in [4.69, 9.17) is 22.1 Å². The summed E-state index contributed by atoms with van der Waals surface area (Å²) in [6.45, 7) is 1.08. The zero-order valence-corrected chi connectivity index (χ0v) is 10.4. The molecule has 0 spiro atoms. The molecule has 0 aliphatic rings. The first kappa shape index (κ1) is 12.4. The van der Waals surface area contributed by atoms with Gasteiger partial charge in [0.25, 0.3) is 0 Å². The monoisotopic (exact) mass is 264 g/mol. The Labute approximate surface area is 110 Å². The first-order chi connectivity index (χ1) is 8.75. The average Bonchev–Trinajstić information content (AvgIpc) is 2.40. The van der Waals surface area contributed by atoms with Crippen molar-refractivity contribution in [3.63, 3.8) is 0 Å². The second kappa shape index (κ2) is 6.07. The lowest BCUT2D eigenvalue weighted by Crippen LogP contribution is -2.13. The van der Waals surface area contributed by atoms with Gasteiger partial charge in [0.05, 0.1) is 18.4 Å². The van der Waals surface area contributed by atoms with E-state index in [1.165, 1.54) is 6.20 Å². The molecule has 0 bridgehead atoms. The zero-order valence-electron chi connectivity index (χ0n) is 9.64. The molecule has 1 heterocycles. The zero-order chi connectivity index (χ0) is 12.8. The molecule has 0 fully saturated rings. The van der Waals surface area contributed by atoms with Crippen molar-refractivity contribution >= 4 is 23.1 Å². The molecule has 2 aromatic rings. The fourth-order valence-electron chi connectivity index (χ4n) is 1.37. The first-order valence-electron chi connectivity index (χ1n) is 5.45. The SMILES string of the molecule is Nc1cnc(Cl)nc1NCCOc1ccccc1. The Kier molecular flexibility index (Phi) is 4.20. The van der Waals surface area contributed by atoms with Crippen molar-refractivity contribution in [2.24, 2.45) is 0 Å². The van der Waals surface area contributed by atoms with Crippen molar-refractivity contribution in [1.29, 1.82) is 0 Å². The van der Waals surface area contributed by atoms with Crippen LogP contribution >= 0.6 is 11.6 Å². The Balaban J connectivity index is 1.80. The number of nitrogen functional groups attached to an aromatic ring is 1. The van der Waals surface area contributed by atoms with Gasteiger partial charge in [-0.05, 0) is 23.7 Å². The molecule has 18 heavy (non-hydrogen) atoms. The van der Waals surface area contributed by atoms with Crippen LogP contribution in [0.3, 0.4) is 0 Å². The first-order valence-corrected chi connectivity index (χ1v) is 5.83. The molecule has 3 N–H and O–H groups in total. The van der Waals surface area contributed by atoms with Crippen LogP contribution in [-0.4, -0.2) is 23.1 Å². The predicted molar refractivity (Wildman–Crippen MR) is 71.9 cm³/mol. The van der Waals surface area contributed by atoms with Crippen LogP contribution in [0.5, 0.6) is 5.75 Å². The van der Waals surface area contributed by atoms with Crippen molar-refractivity contribution < 1.29 is 4.74 Å². The number of aromatic nitrogens is 2. The second-order valence-corrected chi connectivity index (χ2v) is 3.87. The van der Waals surface area contributed by atoms with Crippen molar-refractivity contribution in [2.75, 3.05) is 24.2 Å². The van der Waals surface area contributed by atoms with E-state index in [9.17, 15) is 0 Å². The van der Waals surface area contributed by atoms with Gasteiger partial charge in [-0.3, -0.25) is 0 Å². The van der Waals surface area contributed by atoms with Crippen LogP contribution in [0.1, 0.15) is 0 Å². The number of halogens is 1. The van der Waals surface area contributed by atoms with E-state index in [2.05, 4.69) is 15.3 Å². The lowest BCUT2D eigenvalue weighted by Gasteiger charge is -2.09. The van der Waals surface area contributed by atoms with E-state index in [1.54, 1.807) is 0 Å². The van der Waals surface area contributed by atoms with Crippen molar-refractivity contribution in [3.8, 4) is 5.75 Å². The molecule has 0 amide bonds. The second-order valence-electron chi connectivity index (χ2n) is 3.53. The van der Waals surface area contributed by atoms with Gasteiger partial charge in [-0.25, -0.2) is 4.98 Å². The van der Waals surface area contributed by atoms with Crippen LogP contribution in [0.15, 0.2) is 36.5 Å². The maximum absolute atomic E-state index is 5.70. The molecule has 0 unspecified atom stereocenters. The maximum Gasteiger partial charge on any atom is 0.224 e. The molecule has 0 radical (unpaired) electrons. The molecule has 2 rings (SSSR count). The lowest BCUT2D eigenvalue weighted by atomic mass is 10.3. The third-order valence-electron chi connectivity index (χ3n) is 2.19. The highest BCUT2D eigenvalue weighted by Gasteiger charge is 2.02. The molecule has 0 saturated heterocycles. The van der Waals surface area contributed by atoms with E-state index in [0.29, 0.717) is 24.7 Å². The minimum atomic E-state index is 0.163. The van der Waals surface area contributed by atoms with Crippen molar-refractivity contribution in [3.05, 3.63) is 41.8 Å². The van der Waals surface area contributed by atoms with Crippen LogP contribution in [0.2, 0.25) is 5.28 Å². The molecule has 1 aromatic heterocycles. The summed E-state index contributed by atoms with van der Waals surface area (Å²) >= 11 is 5.68. The Bertz CT molecular complexity index is 507. The van der Waals surface area contributed by atoms with Gasteiger partial charge in [0.1, 0.15) is 12.4 Å². The minimum absolute atomic E-state index is 0.163. The average molecular weight is 265 g/mol. The number of benzene rings is 1. The highest BCUT2D eigenvalue weighted by molar-refractivity contribution is 6.28. The number of anilines is 2. The summed E-state index contributed by atoms with van der Waals surface area (Å²) in [6.07, 6.45) is 1.47. The van der Waals surface area contributed by atoms with Crippen LogP contribution in [0, 0.1) is 0 Å². The molecule has 0 aliphatic carbocycles. The number of nitrogens with zero attached hydrogens (tertiary/aromatic N) is 2. The number of hydrogen-bond donors (Lipinski definition) is 2. The van der Waals surface area contributed by atoms with Gasteiger partial charge >= 0.3 is 0 Å². The molecule has 0 saturated carbocycles. The van der Waals surface area contributed by atoms with Crippen LogP contribution < -0.4 is 15.8 Å². The van der Waals surface area contributed by atoms with Gasteiger partial charge in [-0.1, -0.05) is 18.2 Å². The lowest BCUT2D eigenvalue weighted by molar-refractivity contribution is 0.333. The number of rotatable bonds is 5. The summed E-state index contributed by atoms with van der Waals surface area (Å²) in [4.78, 5) is 7.75. The van der Waals surface area contributed by atoms with E-state index >= 15 is 0 Å². The topological polar surface area (TPSA) is 73.1 Å². The molecular formula is C12H13ClN4O. The fraction of sp³-hybridized carbons (Fsp3) is 0.167. The molecule has 94 valence electrons. The fourth-order valence-corrected chi connectivity index (χ4v) is 1.50. The number of ether oxygens (including phenoxy) is 1. The van der Waals surface area contributed by atoms with E-state index in [0.717, 1.165) is 5.75 Å². The van der Waals surface area contributed by atoms with E-state index in [-0.39, 0.29) is 5.28 Å². The molecule has 1 aromatic carbocycles. The molecule has 0 aliphatic heterocycles. The minimum Gasteiger partial charge on any atom is -0.492 e. The standard InChI is InChI=1S/C12H13ClN4O/c13-12-16-8-10(14)11(17-12)15-6-7-18-9-4-2-1-3-5-9/h1-5,8H,6-7,14H2,(H,15,16,17). The van der Waals surface area contributed by atoms with Gasteiger partial charge in [0, 0.05) is 0 Å². The Morgan fingerprint density at radius 1 is 1.28 bits per heavy atom. The molecule has 6 heteroatoms. The highest BCUT2D eigenvalue weighted by Crippen LogP contribution is 2.15. The van der Waals surface area contributed by atoms with Crippen molar-refractivity contribution in [1.82, 2.24) is 9.97 Å². The maximum atomic E-state index is 5.70. The smallest absolute Gasteiger partial charge is 0.224 e. The number of nitrogens with one attached hydrogen (secondary N) is 1. The van der Waals surface area contributed by atoms with E-state index in [1.807, 2.05) is 30.3 Å². The third-order valence-corrected chi connectivity index (χ3v) is 2.38. The van der Waals surface area contributed by atoms with Crippen LogP contribution in [0.4, 0.5) is 11.5 Å². The quantitative estimate of drug-likeness (QED) is 0.640. The van der Waals surface area contributed by atoms with Crippen molar-refractivity contribution in [2.45, 2.75) is 0 Å². The Morgan fingerprint density at radius 3 is 2.83 bits per heavy atom. The summed E-state index contributed by atoms with van der Waals surface area (Å²) in [5.41, 5.74) is 6.15. The Hall–Kier alpha value is -2.01. The number of hydrogen-bond acceptors (Lipinski definition) is 5. The van der Waals surface area contributed by atoms with Gasteiger partial charge in [0.2, 0.25) is 5.28 Å². The summed E-state index contributed by atoms with van der Waals surface area (Å²) in [6, 6.07) is 9.58. The Morgan fingerprint density at radius 2 is 2.06 bits per heavy atom. The van der Waals surface area contributed by atoms with Crippen LogP contribution in [-0.2, 0) is 0 Å². The normalized spacial score (nSPS) is 10.1. The third kappa shape index (κ3) is 3.49.